The van der Waals surface area contributed by atoms with E-state index in [-0.39, 0.29) is 11.8 Å². The van der Waals surface area contributed by atoms with E-state index < -0.39 is 0 Å². The van der Waals surface area contributed by atoms with E-state index in [1.807, 2.05) is 4.90 Å². The number of alkyl halides is 1. The van der Waals surface area contributed by atoms with Crippen molar-refractivity contribution in [3.8, 4) is 0 Å². The number of nitrogens with zero attached hydrogens (tertiary/aromatic N) is 2. The molecule has 0 N–H and O–H groups in total. The number of likely N-dealkylation sites (tertiary alicyclic amines) is 1. The largest absolute Gasteiger partial charge is 0.340 e. The second kappa shape index (κ2) is 4.07. The molecule has 4 heteroatoms. The Morgan fingerprint density at radius 3 is 2.71 bits per heavy atom. The van der Waals surface area contributed by atoms with Gasteiger partial charge in [0.05, 0.1) is 0 Å². The lowest BCUT2D eigenvalue weighted by molar-refractivity contribution is -0.127. The van der Waals surface area contributed by atoms with Crippen molar-refractivity contribution in [1.29, 1.82) is 0 Å². The first-order valence-corrected chi connectivity index (χ1v) is 5.81. The topological polar surface area (TPSA) is 23.6 Å². The molecule has 2 fully saturated rings. The van der Waals surface area contributed by atoms with Crippen molar-refractivity contribution >= 4 is 17.5 Å². The smallest absolute Gasteiger partial charge is 0.237 e. The van der Waals surface area contributed by atoms with Crippen LogP contribution < -0.4 is 0 Å². The van der Waals surface area contributed by atoms with Crippen LogP contribution in [0.3, 0.4) is 0 Å². The minimum Gasteiger partial charge on any atom is -0.340 e. The summed E-state index contributed by atoms with van der Waals surface area (Å²) >= 11 is 5.53. The first-order valence-electron chi connectivity index (χ1n) is 5.28. The third-order valence-corrected chi connectivity index (χ3v) is 3.56. The summed E-state index contributed by atoms with van der Waals surface area (Å²) in [5, 5.41) is 0. The van der Waals surface area contributed by atoms with Crippen LogP contribution in [0.2, 0.25) is 0 Å². The summed E-state index contributed by atoms with van der Waals surface area (Å²) in [5.74, 6) is 0.207. The van der Waals surface area contributed by atoms with Crippen LogP contribution in [0.4, 0.5) is 0 Å². The minimum absolute atomic E-state index is 0.0818. The van der Waals surface area contributed by atoms with Crippen LogP contribution in [-0.2, 0) is 4.79 Å². The summed E-state index contributed by atoms with van der Waals surface area (Å²) in [5.41, 5.74) is 0. The van der Waals surface area contributed by atoms with Gasteiger partial charge in [0.2, 0.25) is 5.91 Å². The van der Waals surface area contributed by atoms with E-state index in [1.165, 1.54) is 12.8 Å². The van der Waals surface area contributed by atoms with Gasteiger partial charge in [0.1, 0.15) is 5.88 Å². The fourth-order valence-corrected chi connectivity index (χ4v) is 2.33. The van der Waals surface area contributed by atoms with E-state index in [0.717, 1.165) is 25.6 Å². The molecule has 1 amide bonds. The van der Waals surface area contributed by atoms with Crippen LogP contribution in [0.1, 0.15) is 19.3 Å². The highest BCUT2D eigenvalue weighted by Gasteiger charge is 2.35. The highest BCUT2D eigenvalue weighted by Crippen LogP contribution is 2.29. The lowest BCUT2D eigenvalue weighted by Gasteiger charge is -2.24. The average Bonchev–Trinajstić information content (AvgIpc) is 2.93. The predicted octanol–water partition coefficient (Wildman–Crippen LogP) is 0.920. The highest BCUT2D eigenvalue weighted by molar-refractivity contribution is 6.27. The fourth-order valence-electron chi connectivity index (χ4n) is 2.17. The molecular formula is C10H17ClN2O. The van der Waals surface area contributed by atoms with Crippen molar-refractivity contribution in [2.45, 2.75) is 31.3 Å². The van der Waals surface area contributed by atoms with Gasteiger partial charge < -0.3 is 4.90 Å². The van der Waals surface area contributed by atoms with Crippen LogP contribution >= 0.6 is 11.6 Å². The lowest BCUT2D eigenvalue weighted by atomic mass is 10.2. The molecule has 1 aliphatic heterocycles. The average molecular weight is 217 g/mol. The van der Waals surface area contributed by atoms with E-state index in [9.17, 15) is 4.79 Å². The molecule has 0 aromatic heterocycles. The summed E-state index contributed by atoms with van der Waals surface area (Å²) in [6.45, 7) is 1.76. The molecule has 3 nitrogen and oxygen atoms in total. The zero-order chi connectivity index (χ0) is 10.1. The van der Waals surface area contributed by atoms with Gasteiger partial charge in [-0.1, -0.05) is 0 Å². The quantitative estimate of drug-likeness (QED) is 0.656. The minimum atomic E-state index is 0.0818. The molecule has 0 radical (unpaired) electrons. The van der Waals surface area contributed by atoms with Gasteiger partial charge in [-0.2, -0.15) is 0 Å². The van der Waals surface area contributed by atoms with Crippen molar-refractivity contribution in [3.05, 3.63) is 0 Å². The van der Waals surface area contributed by atoms with Crippen molar-refractivity contribution in [3.63, 3.8) is 0 Å². The molecular weight excluding hydrogens is 200 g/mol. The number of amides is 1. The Hall–Kier alpha value is -0.280. The summed E-state index contributed by atoms with van der Waals surface area (Å²) in [7, 11) is 2.18. The van der Waals surface area contributed by atoms with Crippen LogP contribution in [0, 0.1) is 0 Å². The van der Waals surface area contributed by atoms with E-state index in [1.54, 1.807) is 0 Å². The summed E-state index contributed by atoms with van der Waals surface area (Å²) in [6.07, 6.45) is 3.77. The third kappa shape index (κ3) is 2.04. The molecule has 1 atom stereocenters. The van der Waals surface area contributed by atoms with Crippen LogP contribution in [-0.4, -0.2) is 53.8 Å². The maximum Gasteiger partial charge on any atom is 0.237 e. The standard InChI is InChI=1S/C10H17ClN2O/c1-12(8-2-3-8)9-4-5-13(7-9)10(14)6-11/h8-9H,2-7H2,1H3/t9-/m1/s1. The van der Waals surface area contributed by atoms with E-state index >= 15 is 0 Å². The van der Waals surface area contributed by atoms with Gasteiger partial charge in [0, 0.05) is 25.2 Å². The molecule has 1 heterocycles. The Kier molecular flexibility index (Phi) is 2.98. The summed E-state index contributed by atoms with van der Waals surface area (Å²) in [6, 6.07) is 1.35. The first kappa shape index (κ1) is 10.2. The maximum absolute atomic E-state index is 11.3. The molecule has 0 spiro atoms. The molecule has 0 bridgehead atoms. The van der Waals surface area contributed by atoms with Crippen LogP contribution in [0.5, 0.6) is 0 Å². The summed E-state index contributed by atoms with van der Waals surface area (Å²) < 4.78 is 0. The Labute approximate surface area is 90.0 Å². The Morgan fingerprint density at radius 2 is 2.14 bits per heavy atom. The molecule has 2 rings (SSSR count). The molecule has 2 aliphatic rings. The van der Waals surface area contributed by atoms with Gasteiger partial charge in [-0.25, -0.2) is 0 Å². The molecule has 1 saturated carbocycles. The van der Waals surface area contributed by atoms with Gasteiger partial charge in [-0.05, 0) is 26.3 Å². The molecule has 14 heavy (non-hydrogen) atoms. The molecule has 1 saturated heterocycles. The second-order valence-electron chi connectivity index (χ2n) is 4.31. The molecule has 0 aromatic rings. The van der Waals surface area contributed by atoms with E-state index in [2.05, 4.69) is 11.9 Å². The highest BCUT2D eigenvalue weighted by atomic mass is 35.5. The van der Waals surface area contributed by atoms with E-state index in [0.29, 0.717) is 6.04 Å². The van der Waals surface area contributed by atoms with Crippen molar-refractivity contribution in [1.82, 2.24) is 9.80 Å². The Balaban J connectivity index is 1.84. The number of halogens is 1. The zero-order valence-electron chi connectivity index (χ0n) is 8.58. The number of hydrogen-bond donors (Lipinski definition) is 0. The fraction of sp³-hybridized carbons (Fsp3) is 0.900. The number of likely N-dealkylation sites (N-methyl/N-ethyl adjacent to an activating group) is 1. The number of carbonyl (C=O) groups is 1. The number of hydrogen-bond acceptors (Lipinski definition) is 2. The van der Waals surface area contributed by atoms with Crippen LogP contribution in [0.25, 0.3) is 0 Å². The predicted molar refractivity (Wildman–Crippen MR) is 56.5 cm³/mol. The van der Waals surface area contributed by atoms with Gasteiger partial charge in [0.25, 0.3) is 0 Å². The third-order valence-electron chi connectivity index (χ3n) is 3.33. The molecule has 1 aliphatic carbocycles. The molecule has 0 unspecified atom stereocenters. The maximum atomic E-state index is 11.3. The van der Waals surface area contributed by atoms with Gasteiger partial charge in [-0.3, -0.25) is 9.69 Å². The second-order valence-corrected chi connectivity index (χ2v) is 4.58. The Morgan fingerprint density at radius 1 is 1.43 bits per heavy atom. The monoisotopic (exact) mass is 216 g/mol. The van der Waals surface area contributed by atoms with Crippen molar-refractivity contribution in [2.75, 3.05) is 26.0 Å². The summed E-state index contributed by atoms with van der Waals surface area (Å²) in [4.78, 5) is 15.7. The zero-order valence-corrected chi connectivity index (χ0v) is 9.33. The number of rotatable bonds is 3. The van der Waals surface area contributed by atoms with Crippen LogP contribution in [0.15, 0.2) is 0 Å². The molecule has 0 aromatic carbocycles. The van der Waals surface area contributed by atoms with Crippen molar-refractivity contribution < 1.29 is 4.79 Å². The van der Waals surface area contributed by atoms with E-state index in [4.69, 9.17) is 11.6 Å². The molecule has 80 valence electrons. The SMILES string of the molecule is CN(C1CC1)[C@@H]1CCN(C(=O)CCl)C1. The number of carbonyl (C=O) groups excluding carboxylic acids is 1. The van der Waals surface area contributed by atoms with Gasteiger partial charge in [0.15, 0.2) is 0 Å². The van der Waals surface area contributed by atoms with Crippen molar-refractivity contribution in [2.24, 2.45) is 0 Å². The Bertz CT molecular complexity index is 230. The lowest BCUT2D eigenvalue weighted by Crippen LogP contribution is -2.38. The van der Waals surface area contributed by atoms with Gasteiger partial charge in [-0.15, -0.1) is 11.6 Å². The van der Waals surface area contributed by atoms with Gasteiger partial charge >= 0.3 is 0 Å². The first-order chi connectivity index (χ1) is 6.72. The normalized spacial score (nSPS) is 27.4.